The average Bonchev–Trinajstić information content (AvgIpc) is 2.73. The molecule has 31 heavy (non-hydrogen) atoms. The molecule has 1 aliphatic heterocycles. The van der Waals surface area contributed by atoms with E-state index in [1.165, 1.54) is 13.1 Å². The van der Waals surface area contributed by atoms with Crippen LogP contribution >= 0.6 is 0 Å². The summed E-state index contributed by atoms with van der Waals surface area (Å²) in [6, 6.07) is 13.1. The van der Waals surface area contributed by atoms with E-state index < -0.39 is 28.1 Å². The third-order valence-electron chi connectivity index (χ3n) is 4.49. The summed E-state index contributed by atoms with van der Waals surface area (Å²) < 4.78 is 55.1. The lowest BCUT2D eigenvalue weighted by atomic mass is 10.1. The first-order valence-corrected chi connectivity index (χ1v) is 10.7. The molecular weight excluding hydrogens is 426 g/mol. The highest BCUT2D eigenvalue weighted by Gasteiger charge is 2.38. The van der Waals surface area contributed by atoms with Crippen LogP contribution in [-0.2, 0) is 16.4 Å². The number of hydrogen-bond acceptors (Lipinski definition) is 7. The topological polar surface area (TPSA) is 119 Å². The van der Waals surface area contributed by atoms with E-state index in [4.69, 9.17) is 5.26 Å². The molecule has 0 aromatic heterocycles. The quantitative estimate of drug-likeness (QED) is 0.631. The number of halogens is 2. The molecule has 1 aliphatic rings. The van der Waals surface area contributed by atoms with Gasteiger partial charge in [0, 0.05) is 11.4 Å². The lowest BCUT2D eigenvalue weighted by molar-refractivity contribution is 0.159. The van der Waals surface area contributed by atoms with Gasteiger partial charge in [-0.15, -0.1) is 0 Å². The van der Waals surface area contributed by atoms with E-state index in [1.807, 2.05) is 6.07 Å². The van der Waals surface area contributed by atoms with Crippen molar-refractivity contribution in [1.82, 2.24) is 4.72 Å². The number of nitrogens with zero attached hydrogens (tertiary/aromatic N) is 3. The Balaban J connectivity index is 1.82. The summed E-state index contributed by atoms with van der Waals surface area (Å²) in [4.78, 5) is 7.74. The number of sulfonamides is 1. The highest BCUT2D eigenvalue weighted by Crippen LogP contribution is 2.24. The van der Waals surface area contributed by atoms with Gasteiger partial charge in [-0.3, -0.25) is 0 Å². The fourth-order valence-corrected chi connectivity index (χ4v) is 3.82. The highest BCUT2D eigenvalue weighted by atomic mass is 32.2. The molecule has 0 fully saturated rings. The van der Waals surface area contributed by atoms with Crippen LogP contribution in [0.4, 0.5) is 20.2 Å². The van der Waals surface area contributed by atoms with Gasteiger partial charge in [0.15, 0.2) is 5.84 Å². The molecule has 11 heteroatoms. The van der Waals surface area contributed by atoms with Crippen LogP contribution in [0.15, 0.2) is 57.3 Å². The van der Waals surface area contributed by atoms with Crippen LogP contribution in [0.5, 0.6) is 0 Å². The molecule has 0 saturated heterocycles. The van der Waals surface area contributed by atoms with Gasteiger partial charge in [0.2, 0.25) is 16.3 Å². The van der Waals surface area contributed by atoms with E-state index in [0.29, 0.717) is 23.2 Å². The number of rotatable bonds is 6. The number of amidine groups is 1. The van der Waals surface area contributed by atoms with Crippen LogP contribution in [0, 0.1) is 18.3 Å². The molecule has 2 aromatic carbocycles. The molecule has 0 bridgehead atoms. The highest BCUT2D eigenvalue weighted by molar-refractivity contribution is 7.89. The Hall–Kier alpha value is -3.36. The van der Waals surface area contributed by atoms with Crippen LogP contribution < -0.4 is 15.4 Å². The number of aryl methyl sites for hydroxylation is 1. The van der Waals surface area contributed by atoms with Crippen molar-refractivity contribution >= 4 is 33.4 Å². The largest absolute Gasteiger partial charge is 0.345 e. The minimum absolute atomic E-state index is 0.0601. The standard InChI is InChI=1S/C20H20F2N6O2S/c1-13-3-6-16(11-17(13)31(29,30)24-2)27-19-25-12-20(21,22)18(28-19)26-15-7-4-14(5-8-15)9-10-23/h3-8,11-12,19,24,27H,9H2,1-2H3,(H,26,28). The second kappa shape index (κ2) is 8.79. The minimum Gasteiger partial charge on any atom is -0.345 e. The number of anilines is 2. The zero-order valence-electron chi connectivity index (χ0n) is 16.7. The molecule has 8 nitrogen and oxygen atoms in total. The SMILES string of the molecule is CNS(=O)(=O)c1cc(NC2N=CC(F)(F)C(Nc3ccc(CC#N)cc3)=N2)ccc1C. The fraction of sp³-hybridized carbons (Fsp3) is 0.250. The molecular formula is C20H20F2N6O2S. The van der Waals surface area contributed by atoms with Crippen molar-refractivity contribution in [3.63, 3.8) is 0 Å². The molecule has 1 unspecified atom stereocenters. The van der Waals surface area contributed by atoms with Gasteiger partial charge in [0.05, 0.1) is 23.6 Å². The van der Waals surface area contributed by atoms with Crippen LogP contribution in [0.3, 0.4) is 0 Å². The monoisotopic (exact) mass is 446 g/mol. The van der Waals surface area contributed by atoms with Gasteiger partial charge < -0.3 is 10.6 Å². The average molecular weight is 446 g/mol. The van der Waals surface area contributed by atoms with Crippen molar-refractivity contribution in [3.05, 3.63) is 53.6 Å². The maximum Gasteiger partial charge on any atom is 0.339 e. The van der Waals surface area contributed by atoms with E-state index in [-0.39, 0.29) is 11.3 Å². The second-order valence-electron chi connectivity index (χ2n) is 6.74. The number of aliphatic imine (C=N–C) groups is 2. The maximum absolute atomic E-state index is 14.3. The van der Waals surface area contributed by atoms with Crippen molar-refractivity contribution in [1.29, 1.82) is 5.26 Å². The molecule has 0 saturated carbocycles. The molecule has 0 amide bonds. The Bertz CT molecular complexity index is 1170. The Morgan fingerprint density at radius 3 is 2.48 bits per heavy atom. The first-order valence-electron chi connectivity index (χ1n) is 9.19. The van der Waals surface area contributed by atoms with E-state index in [0.717, 1.165) is 5.56 Å². The lowest BCUT2D eigenvalue weighted by Crippen LogP contribution is -2.41. The summed E-state index contributed by atoms with van der Waals surface area (Å²) in [5.41, 5.74) is 2.03. The van der Waals surface area contributed by atoms with Gasteiger partial charge in [-0.05, 0) is 49.4 Å². The zero-order chi connectivity index (χ0) is 22.6. The van der Waals surface area contributed by atoms with Crippen molar-refractivity contribution in [2.24, 2.45) is 9.98 Å². The Kier molecular flexibility index (Phi) is 6.33. The first kappa shape index (κ1) is 22.3. The van der Waals surface area contributed by atoms with Crippen molar-refractivity contribution in [2.75, 3.05) is 17.7 Å². The normalized spacial score (nSPS) is 17.5. The number of nitriles is 1. The van der Waals surface area contributed by atoms with E-state index >= 15 is 0 Å². The molecule has 3 N–H and O–H groups in total. The number of nitrogens with one attached hydrogen (secondary N) is 3. The summed E-state index contributed by atoms with van der Waals surface area (Å²) >= 11 is 0. The third kappa shape index (κ3) is 5.22. The van der Waals surface area contributed by atoms with Crippen LogP contribution in [0.1, 0.15) is 11.1 Å². The van der Waals surface area contributed by atoms with Crippen molar-refractivity contribution < 1.29 is 17.2 Å². The summed E-state index contributed by atoms with van der Waals surface area (Å²) in [6.07, 6.45) is -0.366. The van der Waals surface area contributed by atoms with Crippen molar-refractivity contribution in [3.8, 4) is 6.07 Å². The predicted octanol–water partition coefficient (Wildman–Crippen LogP) is 2.90. The maximum atomic E-state index is 14.3. The van der Waals surface area contributed by atoms with Crippen LogP contribution in [-0.4, -0.2) is 39.7 Å². The number of benzene rings is 2. The Morgan fingerprint density at radius 2 is 1.84 bits per heavy atom. The molecule has 162 valence electrons. The predicted molar refractivity (Wildman–Crippen MR) is 115 cm³/mol. The first-order chi connectivity index (χ1) is 14.6. The van der Waals surface area contributed by atoms with E-state index in [9.17, 15) is 17.2 Å². The van der Waals surface area contributed by atoms with Gasteiger partial charge in [-0.2, -0.15) is 14.0 Å². The Labute approximate surface area is 178 Å². The zero-order valence-corrected chi connectivity index (χ0v) is 17.5. The number of alkyl halides is 2. The number of hydrogen-bond donors (Lipinski definition) is 3. The van der Waals surface area contributed by atoms with Gasteiger partial charge in [-0.25, -0.2) is 23.1 Å². The lowest BCUT2D eigenvalue weighted by Gasteiger charge is -2.24. The smallest absolute Gasteiger partial charge is 0.339 e. The Morgan fingerprint density at radius 1 is 1.16 bits per heavy atom. The van der Waals surface area contributed by atoms with Crippen molar-refractivity contribution in [2.45, 2.75) is 30.5 Å². The van der Waals surface area contributed by atoms with E-state index in [2.05, 4.69) is 25.3 Å². The van der Waals surface area contributed by atoms with Crippen LogP contribution in [0.2, 0.25) is 0 Å². The van der Waals surface area contributed by atoms with Gasteiger partial charge in [-0.1, -0.05) is 18.2 Å². The van der Waals surface area contributed by atoms with Gasteiger partial charge >= 0.3 is 5.92 Å². The summed E-state index contributed by atoms with van der Waals surface area (Å²) in [6.45, 7) is 1.65. The fourth-order valence-electron chi connectivity index (χ4n) is 2.82. The molecule has 1 atom stereocenters. The second-order valence-corrected chi connectivity index (χ2v) is 8.60. The molecule has 3 rings (SSSR count). The summed E-state index contributed by atoms with van der Waals surface area (Å²) in [5.74, 6) is -4.01. The summed E-state index contributed by atoms with van der Waals surface area (Å²) in [7, 11) is -2.38. The van der Waals surface area contributed by atoms with Gasteiger partial charge in [0.1, 0.15) is 0 Å². The molecule has 0 aliphatic carbocycles. The molecule has 0 spiro atoms. The molecule has 0 radical (unpaired) electrons. The molecule has 2 aromatic rings. The van der Waals surface area contributed by atoms with Gasteiger partial charge in [0.25, 0.3) is 0 Å². The minimum atomic E-state index is -3.69. The summed E-state index contributed by atoms with van der Waals surface area (Å²) in [5, 5.41) is 14.1. The van der Waals surface area contributed by atoms with Crippen LogP contribution in [0.25, 0.3) is 0 Å². The third-order valence-corrected chi connectivity index (χ3v) is 6.04. The van der Waals surface area contributed by atoms with E-state index in [1.54, 1.807) is 43.3 Å². The molecule has 1 heterocycles.